The van der Waals surface area contributed by atoms with Crippen molar-refractivity contribution in [1.82, 2.24) is 5.32 Å². The summed E-state index contributed by atoms with van der Waals surface area (Å²) in [5, 5.41) is 19.9. The summed E-state index contributed by atoms with van der Waals surface area (Å²) in [7, 11) is 0. The third-order valence-electron chi connectivity index (χ3n) is 1.62. The van der Waals surface area contributed by atoms with Crippen molar-refractivity contribution in [2.45, 2.75) is 32.0 Å². The van der Waals surface area contributed by atoms with Gasteiger partial charge in [0.1, 0.15) is 6.61 Å². The highest BCUT2D eigenvalue weighted by Gasteiger charge is 2.27. The summed E-state index contributed by atoms with van der Waals surface area (Å²) in [5.74, 6) is -3.14. The second-order valence-electron chi connectivity index (χ2n) is 3.68. The molecule has 0 aliphatic carbocycles. The lowest BCUT2D eigenvalue weighted by Gasteiger charge is -2.17. The summed E-state index contributed by atoms with van der Waals surface area (Å²) < 4.78 is 30.1. The number of alkyl halides is 2. The monoisotopic (exact) mass is 227 g/mol. The van der Waals surface area contributed by atoms with Gasteiger partial charge in [0, 0.05) is 6.54 Å². The SMILES string of the molecule is CC(C)OCC(O)CNCC(F)(F)CO. The van der Waals surface area contributed by atoms with E-state index in [0.29, 0.717) is 0 Å². The normalized spacial score (nSPS) is 14.6. The molecular formula is C9H19F2NO3. The lowest BCUT2D eigenvalue weighted by molar-refractivity contribution is -0.0512. The highest BCUT2D eigenvalue weighted by Crippen LogP contribution is 2.09. The van der Waals surface area contributed by atoms with Crippen LogP contribution in [0.2, 0.25) is 0 Å². The van der Waals surface area contributed by atoms with Crippen LogP contribution in [0.15, 0.2) is 0 Å². The number of ether oxygens (including phenoxy) is 1. The van der Waals surface area contributed by atoms with Crippen LogP contribution < -0.4 is 5.32 Å². The van der Waals surface area contributed by atoms with Gasteiger partial charge in [-0.2, -0.15) is 0 Å². The first-order valence-electron chi connectivity index (χ1n) is 4.86. The van der Waals surface area contributed by atoms with E-state index in [1.54, 1.807) is 0 Å². The quantitative estimate of drug-likeness (QED) is 0.546. The molecule has 1 unspecified atom stereocenters. The fraction of sp³-hybridized carbons (Fsp3) is 1.00. The molecule has 4 nitrogen and oxygen atoms in total. The van der Waals surface area contributed by atoms with Crippen molar-refractivity contribution in [1.29, 1.82) is 0 Å². The number of hydrogen-bond donors (Lipinski definition) is 3. The lowest BCUT2D eigenvalue weighted by Crippen LogP contribution is -2.40. The highest BCUT2D eigenvalue weighted by molar-refractivity contribution is 4.69. The Hall–Kier alpha value is -0.300. The Kier molecular flexibility index (Phi) is 6.91. The molecule has 0 aromatic carbocycles. The molecule has 3 N–H and O–H groups in total. The molecule has 0 saturated carbocycles. The van der Waals surface area contributed by atoms with Crippen molar-refractivity contribution >= 4 is 0 Å². The van der Waals surface area contributed by atoms with Gasteiger partial charge in [-0.25, -0.2) is 8.78 Å². The Balaban J connectivity index is 3.50. The first kappa shape index (κ1) is 14.7. The number of rotatable bonds is 8. The molecule has 6 heteroatoms. The number of aliphatic hydroxyl groups excluding tert-OH is 2. The molecule has 0 fully saturated rings. The standard InChI is InChI=1S/C9H19F2NO3/c1-7(2)15-4-8(14)3-12-5-9(10,11)6-13/h7-8,12-14H,3-6H2,1-2H3. The topological polar surface area (TPSA) is 61.7 Å². The lowest BCUT2D eigenvalue weighted by atomic mass is 10.3. The van der Waals surface area contributed by atoms with Crippen LogP contribution in [0.5, 0.6) is 0 Å². The summed E-state index contributed by atoms with van der Waals surface area (Å²) in [4.78, 5) is 0. The molecular weight excluding hydrogens is 208 g/mol. The Morgan fingerprint density at radius 1 is 1.40 bits per heavy atom. The Morgan fingerprint density at radius 2 is 2.00 bits per heavy atom. The summed E-state index contributed by atoms with van der Waals surface area (Å²) >= 11 is 0. The first-order valence-corrected chi connectivity index (χ1v) is 4.86. The van der Waals surface area contributed by atoms with Gasteiger partial charge in [0.15, 0.2) is 0 Å². The smallest absolute Gasteiger partial charge is 0.282 e. The molecule has 0 aromatic heterocycles. The van der Waals surface area contributed by atoms with Crippen molar-refractivity contribution in [3.8, 4) is 0 Å². The molecule has 0 bridgehead atoms. The zero-order valence-electron chi connectivity index (χ0n) is 9.04. The van der Waals surface area contributed by atoms with Gasteiger partial charge in [0.2, 0.25) is 0 Å². The van der Waals surface area contributed by atoms with Crippen LogP contribution in [0.4, 0.5) is 8.78 Å². The van der Waals surface area contributed by atoms with Gasteiger partial charge < -0.3 is 20.3 Å². The van der Waals surface area contributed by atoms with E-state index in [1.807, 2.05) is 13.8 Å². The molecule has 0 amide bonds. The molecule has 0 rings (SSSR count). The van der Waals surface area contributed by atoms with Crippen LogP contribution in [0, 0.1) is 0 Å². The first-order chi connectivity index (χ1) is 6.87. The van der Waals surface area contributed by atoms with Crippen molar-refractivity contribution < 1.29 is 23.7 Å². The van der Waals surface area contributed by atoms with Gasteiger partial charge in [-0.05, 0) is 13.8 Å². The number of aliphatic hydroxyl groups is 2. The van der Waals surface area contributed by atoms with Gasteiger partial charge in [0.05, 0.1) is 25.4 Å². The summed E-state index contributed by atoms with van der Waals surface area (Å²) in [5.41, 5.74) is 0. The van der Waals surface area contributed by atoms with Crippen LogP contribution in [0.1, 0.15) is 13.8 Å². The summed E-state index contributed by atoms with van der Waals surface area (Å²) in [6.07, 6.45) is -0.819. The Bertz CT molecular complexity index is 167. The Labute approximate surface area is 88.2 Å². The molecule has 0 aromatic rings. The van der Waals surface area contributed by atoms with Gasteiger partial charge in [-0.3, -0.25) is 0 Å². The van der Waals surface area contributed by atoms with Gasteiger partial charge in [-0.15, -0.1) is 0 Å². The molecule has 15 heavy (non-hydrogen) atoms. The largest absolute Gasteiger partial charge is 0.390 e. The van der Waals surface area contributed by atoms with Crippen molar-refractivity contribution in [2.75, 3.05) is 26.3 Å². The minimum absolute atomic E-state index is 0.00136. The van der Waals surface area contributed by atoms with Crippen molar-refractivity contribution in [3.63, 3.8) is 0 Å². The molecule has 0 radical (unpaired) electrons. The van der Waals surface area contributed by atoms with E-state index in [2.05, 4.69) is 5.32 Å². The number of halogens is 2. The predicted octanol–water partition coefficient (Wildman–Crippen LogP) is -0.0105. The molecule has 1 atom stereocenters. The van der Waals surface area contributed by atoms with Crippen LogP contribution >= 0.6 is 0 Å². The van der Waals surface area contributed by atoms with Gasteiger partial charge in [-0.1, -0.05) is 0 Å². The fourth-order valence-electron chi connectivity index (χ4n) is 0.840. The van der Waals surface area contributed by atoms with E-state index in [4.69, 9.17) is 9.84 Å². The number of hydrogen-bond acceptors (Lipinski definition) is 4. The van der Waals surface area contributed by atoms with Crippen molar-refractivity contribution in [3.05, 3.63) is 0 Å². The van der Waals surface area contributed by atoms with Crippen LogP contribution in [0.25, 0.3) is 0 Å². The average molecular weight is 227 g/mol. The van der Waals surface area contributed by atoms with Gasteiger partial charge >= 0.3 is 0 Å². The van der Waals surface area contributed by atoms with E-state index in [0.717, 1.165) is 0 Å². The second-order valence-corrected chi connectivity index (χ2v) is 3.68. The third-order valence-corrected chi connectivity index (χ3v) is 1.62. The van der Waals surface area contributed by atoms with Crippen LogP contribution in [-0.4, -0.2) is 54.6 Å². The maximum Gasteiger partial charge on any atom is 0.282 e. The predicted molar refractivity (Wildman–Crippen MR) is 52.0 cm³/mol. The maximum absolute atomic E-state index is 12.5. The maximum atomic E-state index is 12.5. The summed E-state index contributed by atoms with van der Waals surface area (Å²) in [6.45, 7) is 1.92. The van der Waals surface area contributed by atoms with Crippen molar-refractivity contribution in [2.24, 2.45) is 0 Å². The third kappa shape index (κ3) is 8.68. The van der Waals surface area contributed by atoms with Crippen LogP contribution in [0.3, 0.4) is 0 Å². The second kappa shape index (κ2) is 7.05. The van der Waals surface area contributed by atoms with E-state index in [1.165, 1.54) is 0 Å². The molecule has 0 heterocycles. The molecule has 0 aliphatic heterocycles. The number of nitrogens with one attached hydrogen (secondary N) is 1. The minimum atomic E-state index is -3.14. The fourth-order valence-corrected chi connectivity index (χ4v) is 0.840. The van der Waals surface area contributed by atoms with E-state index in [9.17, 15) is 13.9 Å². The van der Waals surface area contributed by atoms with E-state index >= 15 is 0 Å². The molecule has 0 spiro atoms. The minimum Gasteiger partial charge on any atom is -0.390 e. The Morgan fingerprint density at radius 3 is 2.47 bits per heavy atom. The van der Waals surface area contributed by atoms with Crippen LogP contribution in [-0.2, 0) is 4.74 Å². The average Bonchev–Trinajstić information content (AvgIpc) is 2.14. The molecule has 0 aliphatic rings. The summed E-state index contributed by atoms with van der Waals surface area (Å²) in [6, 6.07) is 0. The van der Waals surface area contributed by atoms with Gasteiger partial charge in [0.25, 0.3) is 5.92 Å². The highest BCUT2D eigenvalue weighted by atomic mass is 19.3. The molecule has 0 saturated heterocycles. The van der Waals surface area contributed by atoms with E-state index < -0.39 is 25.2 Å². The van der Waals surface area contributed by atoms with E-state index in [-0.39, 0.29) is 19.3 Å². The zero-order valence-corrected chi connectivity index (χ0v) is 9.04. The zero-order chi connectivity index (χ0) is 11.9. The molecule has 92 valence electrons.